The molecule has 0 aliphatic carbocycles. The number of carbonyl (C=O) groups excluding carboxylic acids is 1. The number of rotatable bonds is 5. The molecule has 0 N–H and O–H groups in total. The van der Waals surface area contributed by atoms with Crippen LogP contribution in [0.15, 0.2) is 0 Å². The summed E-state index contributed by atoms with van der Waals surface area (Å²) in [5.41, 5.74) is -0.432. The average molecular weight is 202 g/mol. The van der Waals surface area contributed by atoms with Gasteiger partial charge >= 0.3 is 6.16 Å². The van der Waals surface area contributed by atoms with E-state index in [9.17, 15) is 4.79 Å². The van der Waals surface area contributed by atoms with Gasteiger partial charge in [0.05, 0.1) is 6.61 Å². The van der Waals surface area contributed by atoms with Gasteiger partial charge in [-0.05, 0) is 32.6 Å². The predicted molar refractivity (Wildman–Crippen MR) is 56.3 cm³/mol. The van der Waals surface area contributed by atoms with Gasteiger partial charge < -0.3 is 9.47 Å². The van der Waals surface area contributed by atoms with Gasteiger partial charge in [0.15, 0.2) is 0 Å². The Bertz CT molecular complexity index is 173. The zero-order valence-electron chi connectivity index (χ0n) is 9.92. The van der Waals surface area contributed by atoms with E-state index in [0.717, 1.165) is 12.8 Å². The van der Waals surface area contributed by atoms with Crippen LogP contribution >= 0.6 is 0 Å². The van der Waals surface area contributed by atoms with E-state index in [1.807, 2.05) is 20.8 Å². The Labute approximate surface area is 86.8 Å². The molecule has 0 spiro atoms. The third-order valence-corrected chi connectivity index (χ3v) is 1.68. The van der Waals surface area contributed by atoms with Crippen molar-refractivity contribution in [3.05, 3.63) is 0 Å². The molecule has 0 saturated heterocycles. The molecule has 0 unspecified atom stereocenters. The summed E-state index contributed by atoms with van der Waals surface area (Å²) in [5.74, 6) is 0.504. The van der Waals surface area contributed by atoms with Crippen LogP contribution in [0.5, 0.6) is 0 Å². The molecule has 0 heterocycles. The standard InChI is InChI=1S/C11H22O3/c1-6-7-13-10(12)14-11(4,5)8-9(2)3/h9H,6-8H2,1-5H3. The maximum Gasteiger partial charge on any atom is 0.508 e. The molecule has 0 rings (SSSR count). The molecule has 0 atom stereocenters. The molecule has 0 fully saturated rings. The maximum absolute atomic E-state index is 11.2. The van der Waals surface area contributed by atoms with E-state index < -0.39 is 11.8 Å². The zero-order valence-corrected chi connectivity index (χ0v) is 9.92. The number of ether oxygens (including phenoxy) is 2. The summed E-state index contributed by atoms with van der Waals surface area (Å²) in [6.07, 6.45) is 1.10. The molecule has 3 heteroatoms. The van der Waals surface area contributed by atoms with Gasteiger partial charge in [-0.3, -0.25) is 0 Å². The Hall–Kier alpha value is -0.730. The Balaban J connectivity index is 3.89. The Morgan fingerprint density at radius 1 is 1.36 bits per heavy atom. The lowest BCUT2D eigenvalue weighted by Gasteiger charge is -2.26. The van der Waals surface area contributed by atoms with Gasteiger partial charge in [0.2, 0.25) is 0 Å². The van der Waals surface area contributed by atoms with Crippen LogP contribution in [0, 0.1) is 5.92 Å². The Morgan fingerprint density at radius 3 is 2.36 bits per heavy atom. The van der Waals surface area contributed by atoms with Crippen LogP contribution < -0.4 is 0 Å². The van der Waals surface area contributed by atoms with Crippen molar-refractivity contribution in [1.29, 1.82) is 0 Å². The van der Waals surface area contributed by atoms with Crippen LogP contribution in [-0.4, -0.2) is 18.4 Å². The van der Waals surface area contributed by atoms with Crippen LogP contribution in [0.1, 0.15) is 47.5 Å². The quantitative estimate of drug-likeness (QED) is 0.641. The van der Waals surface area contributed by atoms with Crippen LogP contribution in [-0.2, 0) is 9.47 Å². The highest BCUT2D eigenvalue weighted by Crippen LogP contribution is 2.20. The van der Waals surface area contributed by atoms with Crippen molar-refractivity contribution in [1.82, 2.24) is 0 Å². The summed E-state index contributed by atoms with van der Waals surface area (Å²) in [5, 5.41) is 0. The minimum atomic E-state index is -0.558. The molecule has 0 saturated carbocycles. The van der Waals surface area contributed by atoms with E-state index in [2.05, 4.69) is 13.8 Å². The molecule has 0 radical (unpaired) electrons. The fourth-order valence-electron chi connectivity index (χ4n) is 1.47. The normalized spacial score (nSPS) is 11.6. The number of hydrogen-bond acceptors (Lipinski definition) is 3. The van der Waals surface area contributed by atoms with Crippen LogP contribution in [0.25, 0.3) is 0 Å². The first-order valence-corrected chi connectivity index (χ1v) is 5.23. The smallest absolute Gasteiger partial charge is 0.434 e. The minimum Gasteiger partial charge on any atom is -0.434 e. The molecular weight excluding hydrogens is 180 g/mol. The number of carbonyl (C=O) groups is 1. The molecule has 0 aromatic heterocycles. The topological polar surface area (TPSA) is 35.5 Å². The van der Waals surface area contributed by atoms with Crippen LogP contribution in [0.2, 0.25) is 0 Å². The zero-order chi connectivity index (χ0) is 11.2. The summed E-state index contributed by atoms with van der Waals surface area (Å²) >= 11 is 0. The highest BCUT2D eigenvalue weighted by atomic mass is 16.7. The summed E-state index contributed by atoms with van der Waals surface area (Å²) in [6.45, 7) is 10.4. The van der Waals surface area contributed by atoms with E-state index in [1.165, 1.54) is 0 Å². The third-order valence-electron chi connectivity index (χ3n) is 1.68. The first kappa shape index (κ1) is 13.3. The summed E-state index contributed by atoms with van der Waals surface area (Å²) < 4.78 is 10.0. The van der Waals surface area contributed by atoms with Gasteiger partial charge in [-0.1, -0.05) is 20.8 Å². The van der Waals surface area contributed by atoms with E-state index >= 15 is 0 Å². The lowest BCUT2D eigenvalue weighted by molar-refractivity contribution is -0.0256. The van der Waals surface area contributed by atoms with Gasteiger partial charge in [-0.2, -0.15) is 0 Å². The highest BCUT2D eigenvalue weighted by molar-refractivity contribution is 5.60. The second kappa shape index (κ2) is 5.89. The fraction of sp³-hybridized carbons (Fsp3) is 0.909. The largest absolute Gasteiger partial charge is 0.508 e. The summed E-state index contributed by atoms with van der Waals surface area (Å²) in [6, 6.07) is 0. The SMILES string of the molecule is CCCOC(=O)OC(C)(C)CC(C)C. The van der Waals surface area contributed by atoms with Crippen molar-refractivity contribution in [2.75, 3.05) is 6.61 Å². The van der Waals surface area contributed by atoms with Crippen molar-refractivity contribution in [3.63, 3.8) is 0 Å². The predicted octanol–water partition coefficient (Wildman–Crippen LogP) is 3.37. The van der Waals surface area contributed by atoms with E-state index in [0.29, 0.717) is 12.5 Å². The highest BCUT2D eigenvalue weighted by Gasteiger charge is 2.24. The third kappa shape index (κ3) is 6.75. The van der Waals surface area contributed by atoms with Gasteiger partial charge in [-0.15, -0.1) is 0 Å². The monoisotopic (exact) mass is 202 g/mol. The molecule has 0 aliphatic rings. The molecule has 14 heavy (non-hydrogen) atoms. The molecular formula is C11H22O3. The van der Waals surface area contributed by atoms with Crippen molar-refractivity contribution in [2.45, 2.75) is 53.1 Å². The summed E-state index contributed by atoms with van der Waals surface area (Å²) in [4.78, 5) is 11.2. The second-order valence-corrected chi connectivity index (χ2v) is 4.56. The van der Waals surface area contributed by atoms with Gasteiger partial charge in [0.1, 0.15) is 5.60 Å². The maximum atomic E-state index is 11.2. The fourth-order valence-corrected chi connectivity index (χ4v) is 1.47. The van der Waals surface area contributed by atoms with Gasteiger partial charge in [0.25, 0.3) is 0 Å². The molecule has 84 valence electrons. The Morgan fingerprint density at radius 2 is 1.93 bits per heavy atom. The minimum absolute atomic E-state index is 0.427. The molecule has 3 nitrogen and oxygen atoms in total. The second-order valence-electron chi connectivity index (χ2n) is 4.56. The Kier molecular flexibility index (Phi) is 5.58. The van der Waals surface area contributed by atoms with Crippen molar-refractivity contribution in [2.24, 2.45) is 5.92 Å². The molecule has 0 bridgehead atoms. The first-order chi connectivity index (χ1) is 6.37. The van der Waals surface area contributed by atoms with Crippen LogP contribution in [0.3, 0.4) is 0 Å². The molecule has 0 amide bonds. The molecule has 0 aliphatic heterocycles. The number of hydrogen-bond donors (Lipinski definition) is 0. The van der Waals surface area contributed by atoms with Crippen molar-refractivity contribution < 1.29 is 14.3 Å². The van der Waals surface area contributed by atoms with Crippen molar-refractivity contribution >= 4 is 6.16 Å². The van der Waals surface area contributed by atoms with Crippen LogP contribution in [0.4, 0.5) is 4.79 Å². The van der Waals surface area contributed by atoms with E-state index in [1.54, 1.807) is 0 Å². The van der Waals surface area contributed by atoms with E-state index in [4.69, 9.17) is 9.47 Å². The first-order valence-electron chi connectivity index (χ1n) is 5.23. The van der Waals surface area contributed by atoms with E-state index in [-0.39, 0.29) is 0 Å². The van der Waals surface area contributed by atoms with Crippen molar-refractivity contribution in [3.8, 4) is 0 Å². The lowest BCUT2D eigenvalue weighted by atomic mass is 9.96. The molecule has 0 aromatic rings. The van der Waals surface area contributed by atoms with Gasteiger partial charge in [-0.25, -0.2) is 4.79 Å². The molecule has 0 aromatic carbocycles. The lowest BCUT2D eigenvalue weighted by Crippen LogP contribution is -2.30. The summed E-state index contributed by atoms with van der Waals surface area (Å²) in [7, 11) is 0. The van der Waals surface area contributed by atoms with Gasteiger partial charge in [0, 0.05) is 0 Å². The average Bonchev–Trinajstić information content (AvgIpc) is 1.96.